The van der Waals surface area contributed by atoms with E-state index in [-0.39, 0.29) is 12.2 Å². The first-order valence-corrected chi connectivity index (χ1v) is 6.09. The Morgan fingerprint density at radius 3 is 2.33 bits per heavy atom. The Labute approximate surface area is 86.9 Å². The summed E-state index contributed by atoms with van der Waals surface area (Å²) in [6, 6.07) is 4.99. The van der Waals surface area contributed by atoms with Crippen molar-refractivity contribution in [2.75, 3.05) is 0 Å². The summed E-state index contributed by atoms with van der Waals surface area (Å²) >= 11 is 0. The lowest BCUT2D eigenvalue weighted by Gasteiger charge is -2.18. The van der Waals surface area contributed by atoms with Gasteiger partial charge in [0.2, 0.25) is 0 Å². The lowest BCUT2D eigenvalue weighted by Crippen LogP contribution is -2.15. The van der Waals surface area contributed by atoms with Gasteiger partial charge in [-0.2, -0.15) is 0 Å². The molecule has 1 rings (SSSR count). The summed E-state index contributed by atoms with van der Waals surface area (Å²) in [6.45, 7) is 1.60. The van der Waals surface area contributed by atoms with Gasteiger partial charge in [0.15, 0.2) is 5.85 Å². The molecular weight excluding hydrogens is 222 g/mol. The molecule has 0 radical (unpaired) electrons. The predicted octanol–water partition coefficient (Wildman–Crippen LogP) is 2.12. The van der Waals surface area contributed by atoms with E-state index in [2.05, 4.69) is 0 Å². The van der Waals surface area contributed by atoms with Crippen LogP contribution in [0.15, 0.2) is 24.3 Å². The molecule has 1 unspecified atom stereocenters. The molecule has 0 amide bonds. The molecule has 15 heavy (non-hydrogen) atoms. The van der Waals surface area contributed by atoms with E-state index >= 15 is 0 Å². The van der Waals surface area contributed by atoms with Crippen molar-refractivity contribution in [3.05, 3.63) is 30.1 Å². The topological polar surface area (TPSA) is 66.8 Å². The molecule has 0 fully saturated rings. The number of rotatable bonds is 4. The van der Waals surface area contributed by atoms with Gasteiger partial charge < -0.3 is 14.5 Å². The van der Waals surface area contributed by atoms with Crippen molar-refractivity contribution in [3.8, 4) is 5.75 Å². The second kappa shape index (κ2) is 4.75. The number of benzene rings is 1. The fourth-order valence-corrected chi connectivity index (χ4v) is 1.79. The number of hydrogen-bond acceptors (Lipinski definition) is 2. The van der Waals surface area contributed by atoms with Crippen LogP contribution in [0, 0.1) is 5.82 Å². The van der Waals surface area contributed by atoms with E-state index in [1.54, 1.807) is 6.92 Å². The molecule has 1 aromatic rings. The Balaban J connectivity index is 2.76. The first-order chi connectivity index (χ1) is 6.93. The molecule has 0 saturated heterocycles. The van der Waals surface area contributed by atoms with Gasteiger partial charge >= 0.3 is 7.60 Å². The SMILES string of the molecule is CCC(Oc1ccc(F)cc1)P(=O)(O)O. The maximum Gasteiger partial charge on any atom is 0.365 e. The molecule has 1 atom stereocenters. The molecule has 0 spiro atoms. The van der Waals surface area contributed by atoms with Gasteiger partial charge in [0.1, 0.15) is 11.6 Å². The van der Waals surface area contributed by atoms with Crippen LogP contribution in [0.4, 0.5) is 4.39 Å². The minimum atomic E-state index is -4.27. The molecule has 4 nitrogen and oxygen atoms in total. The van der Waals surface area contributed by atoms with Gasteiger partial charge in [-0.1, -0.05) is 6.92 Å². The van der Waals surface area contributed by atoms with Gasteiger partial charge in [-0.25, -0.2) is 4.39 Å². The number of halogens is 1. The minimum absolute atomic E-state index is 0.182. The Morgan fingerprint density at radius 2 is 1.93 bits per heavy atom. The summed E-state index contributed by atoms with van der Waals surface area (Å²) in [5.41, 5.74) is 0. The molecule has 0 saturated carbocycles. The highest BCUT2D eigenvalue weighted by molar-refractivity contribution is 7.52. The highest BCUT2D eigenvalue weighted by Crippen LogP contribution is 2.43. The molecule has 0 bridgehead atoms. The Hall–Kier alpha value is -0.900. The number of hydrogen-bond donors (Lipinski definition) is 2. The highest BCUT2D eigenvalue weighted by atomic mass is 31.2. The molecule has 0 aliphatic rings. The van der Waals surface area contributed by atoms with Gasteiger partial charge in [-0.05, 0) is 30.7 Å². The van der Waals surface area contributed by atoms with Gasteiger partial charge in [-0.15, -0.1) is 0 Å². The van der Waals surface area contributed by atoms with E-state index in [1.165, 1.54) is 24.3 Å². The molecule has 0 aliphatic heterocycles. The normalized spacial score (nSPS) is 13.6. The van der Waals surface area contributed by atoms with Crippen molar-refractivity contribution in [2.24, 2.45) is 0 Å². The van der Waals surface area contributed by atoms with E-state index < -0.39 is 19.3 Å². The van der Waals surface area contributed by atoms with Crippen molar-refractivity contribution in [3.63, 3.8) is 0 Å². The zero-order chi connectivity index (χ0) is 11.5. The molecule has 0 aromatic heterocycles. The Bertz CT molecular complexity index is 359. The summed E-state index contributed by atoms with van der Waals surface area (Å²) in [5, 5.41) is 0. The van der Waals surface area contributed by atoms with Crippen LogP contribution in [0.3, 0.4) is 0 Å². The van der Waals surface area contributed by atoms with Gasteiger partial charge in [0.25, 0.3) is 0 Å². The molecule has 0 heterocycles. The van der Waals surface area contributed by atoms with E-state index in [1.807, 2.05) is 0 Å². The highest BCUT2D eigenvalue weighted by Gasteiger charge is 2.28. The summed E-state index contributed by atoms with van der Waals surface area (Å²) in [7, 11) is -4.27. The fraction of sp³-hybridized carbons (Fsp3) is 0.333. The maximum absolute atomic E-state index is 12.5. The van der Waals surface area contributed by atoms with Crippen LogP contribution in [0.25, 0.3) is 0 Å². The van der Waals surface area contributed by atoms with E-state index in [9.17, 15) is 8.96 Å². The largest absolute Gasteiger partial charge is 0.478 e. The lowest BCUT2D eigenvalue weighted by molar-refractivity contribution is 0.219. The Kier molecular flexibility index (Phi) is 3.85. The Morgan fingerprint density at radius 1 is 1.40 bits per heavy atom. The van der Waals surface area contributed by atoms with E-state index in [0.29, 0.717) is 0 Å². The monoisotopic (exact) mass is 234 g/mol. The number of ether oxygens (including phenoxy) is 1. The van der Waals surface area contributed by atoms with Crippen molar-refractivity contribution in [1.29, 1.82) is 0 Å². The van der Waals surface area contributed by atoms with Crippen LogP contribution in [0.2, 0.25) is 0 Å². The standard InChI is InChI=1S/C9H12FO4P/c1-2-9(15(11,12)13)14-8-5-3-7(10)4-6-8/h3-6,9H,2H2,1H3,(H2,11,12,13). The quantitative estimate of drug-likeness (QED) is 0.783. The second-order valence-corrected chi connectivity index (χ2v) is 4.78. The summed E-state index contributed by atoms with van der Waals surface area (Å²) in [6.07, 6.45) is 0.182. The van der Waals surface area contributed by atoms with E-state index in [0.717, 1.165) is 0 Å². The van der Waals surface area contributed by atoms with Crippen LogP contribution in [-0.4, -0.2) is 15.6 Å². The molecule has 0 aliphatic carbocycles. The third-order valence-electron chi connectivity index (χ3n) is 1.81. The first kappa shape index (κ1) is 12.2. The summed E-state index contributed by atoms with van der Waals surface area (Å²) in [5.74, 6) is -1.36. The molecular formula is C9H12FO4P. The average Bonchev–Trinajstić information content (AvgIpc) is 2.15. The lowest BCUT2D eigenvalue weighted by atomic mass is 10.3. The zero-order valence-corrected chi connectivity index (χ0v) is 9.02. The van der Waals surface area contributed by atoms with Crippen LogP contribution >= 0.6 is 7.60 Å². The van der Waals surface area contributed by atoms with Crippen LogP contribution in [0.5, 0.6) is 5.75 Å². The summed E-state index contributed by atoms with van der Waals surface area (Å²) < 4.78 is 28.5. The van der Waals surface area contributed by atoms with Crippen LogP contribution in [0.1, 0.15) is 13.3 Å². The molecule has 1 aromatic carbocycles. The van der Waals surface area contributed by atoms with Gasteiger partial charge in [0, 0.05) is 0 Å². The molecule has 6 heteroatoms. The summed E-state index contributed by atoms with van der Waals surface area (Å²) in [4.78, 5) is 17.8. The van der Waals surface area contributed by atoms with Crippen LogP contribution < -0.4 is 4.74 Å². The van der Waals surface area contributed by atoms with Crippen molar-refractivity contribution in [2.45, 2.75) is 19.2 Å². The maximum atomic E-state index is 12.5. The third-order valence-corrected chi connectivity index (χ3v) is 3.03. The van der Waals surface area contributed by atoms with Gasteiger partial charge in [0.05, 0.1) is 0 Å². The van der Waals surface area contributed by atoms with E-state index in [4.69, 9.17) is 14.5 Å². The van der Waals surface area contributed by atoms with Crippen molar-refractivity contribution < 1.29 is 23.5 Å². The van der Waals surface area contributed by atoms with Gasteiger partial charge in [-0.3, -0.25) is 4.57 Å². The molecule has 84 valence electrons. The average molecular weight is 234 g/mol. The smallest absolute Gasteiger partial charge is 0.365 e. The second-order valence-electron chi connectivity index (χ2n) is 3.02. The first-order valence-electron chi connectivity index (χ1n) is 4.41. The minimum Gasteiger partial charge on any atom is -0.478 e. The third kappa shape index (κ3) is 3.63. The zero-order valence-electron chi connectivity index (χ0n) is 8.13. The predicted molar refractivity (Wildman–Crippen MR) is 53.2 cm³/mol. The molecule has 2 N–H and O–H groups in total. The van der Waals surface area contributed by atoms with Crippen molar-refractivity contribution >= 4 is 7.60 Å². The fourth-order valence-electron chi connectivity index (χ4n) is 1.06. The van der Waals surface area contributed by atoms with Crippen molar-refractivity contribution in [1.82, 2.24) is 0 Å². The van der Waals surface area contributed by atoms with Crippen LogP contribution in [-0.2, 0) is 4.57 Å².